The molecule has 0 aromatic heterocycles. The molecule has 0 heterocycles. The zero-order valence-electron chi connectivity index (χ0n) is 6.46. The second-order valence-electron chi connectivity index (χ2n) is 2.26. The van der Waals surface area contributed by atoms with E-state index in [4.69, 9.17) is 21.4 Å². The van der Waals surface area contributed by atoms with Gasteiger partial charge >= 0.3 is 5.97 Å². The number of hydrogen-bond donors (Lipinski definition) is 1. The van der Waals surface area contributed by atoms with E-state index in [2.05, 4.69) is 15.9 Å². The van der Waals surface area contributed by atoms with Crippen LogP contribution in [0.2, 0.25) is 5.02 Å². The van der Waals surface area contributed by atoms with Crippen LogP contribution >= 0.6 is 27.5 Å². The van der Waals surface area contributed by atoms with Crippen molar-refractivity contribution in [2.24, 2.45) is 0 Å². The lowest BCUT2D eigenvalue weighted by Gasteiger charge is -2.04. The Morgan fingerprint density at radius 1 is 1.62 bits per heavy atom. The van der Waals surface area contributed by atoms with Crippen LogP contribution in [0, 0.1) is 0 Å². The lowest BCUT2D eigenvalue weighted by Crippen LogP contribution is -2.09. The second kappa shape index (κ2) is 4.48. The van der Waals surface area contributed by atoms with E-state index in [0.717, 1.165) is 0 Å². The molecule has 0 fully saturated rings. The summed E-state index contributed by atoms with van der Waals surface area (Å²) in [5, 5.41) is 8.92. The molecule has 0 saturated carbocycles. The number of hydrogen-bond acceptors (Lipinski definition) is 2. The van der Waals surface area contributed by atoms with Crippen molar-refractivity contribution >= 4 is 33.5 Å². The van der Waals surface area contributed by atoms with E-state index in [1.54, 1.807) is 18.2 Å². The minimum Gasteiger partial charge on any atom is -0.481 e. The summed E-state index contributed by atoms with van der Waals surface area (Å²) in [7, 11) is 0. The first kappa shape index (κ1) is 10.3. The van der Waals surface area contributed by atoms with Gasteiger partial charge in [0.25, 0.3) is 0 Å². The predicted octanol–water partition coefficient (Wildman–Crippen LogP) is 2.57. The SMILES string of the molecule is O=C(O)COc1ccc(Cl)cc1Br. The predicted molar refractivity (Wildman–Crippen MR) is 52.3 cm³/mol. The van der Waals surface area contributed by atoms with Crippen LogP contribution in [0.25, 0.3) is 0 Å². The van der Waals surface area contributed by atoms with Crippen LogP contribution in [0.3, 0.4) is 0 Å². The molecule has 1 rings (SSSR count). The zero-order chi connectivity index (χ0) is 9.84. The van der Waals surface area contributed by atoms with E-state index in [1.165, 1.54) is 0 Å². The molecule has 70 valence electrons. The minimum absolute atomic E-state index is 0.361. The van der Waals surface area contributed by atoms with Gasteiger partial charge in [0.2, 0.25) is 0 Å². The Balaban J connectivity index is 2.72. The normalized spacial score (nSPS) is 9.69. The van der Waals surface area contributed by atoms with Gasteiger partial charge in [0.05, 0.1) is 4.47 Å². The molecule has 0 unspecified atom stereocenters. The Bertz CT molecular complexity index is 327. The van der Waals surface area contributed by atoms with Crippen molar-refractivity contribution < 1.29 is 14.6 Å². The summed E-state index contributed by atoms with van der Waals surface area (Å²) in [4.78, 5) is 10.2. The quantitative estimate of drug-likeness (QED) is 0.913. The van der Waals surface area contributed by atoms with Crippen LogP contribution in [-0.2, 0) is 4.79 Å². The summed E-state index contributed by atoms with van der Waals surface area (Å²) < 4.78 is 5.59. The van der Waals surface area contributed by atoms with Crippen LogP contribution in [-0.4, -0.2) is 17.7 Å². The zero-order valence-corrected chi connectivity index (χ0v) is 8.80. The first-order chi connectivity index (χ1) is 6.09. The van der Waals surface area contributed by atoms with Gasteiger partial charge < -0.3 is 9.84 Å². The average Bonchev–Trinajstić information content (AvgIpc) is 2.02. The summed E-state index contributed by atoms with van der Waals surface area (Å²) in [5.74, 6) is -0.548. The van der Waals surface area contributed by atoms with E-state index in [9.17, 15) is 4.79 Å². The molecular weight excluding hydrogens is 259 g/mol. The number of carbonyl (C=O) groups is 1. The van der Waals surface area contributed by atoms with E-state index >= 15 is 0 Å². The average molecular weight is 265 g/mol. The van der Waals surface area contributed by atoms with Crippen molar-refractivity contribution in [3.8, 4) is 5.75 Å². The molecule has 5 heteroatoms. The summed E-state index contributed by atoms with van der Waals surface area (Å²) in [5.41, 5.74) is 0. The molecule has 0 aliphatic carbocycles. The van der Waals surface area contributed by atoms with Gasteiger partial charge in [-0.25, -0.2) is 4.79 Å². The van der Waals surface area contributed by atoms with E-state index < -0.39 is 5.97 Å². The van der Waals surface area contributed by atoms with Crippen molar-refractivity contribution in [2.75, 3.05) is 6.61 Å². The van der Waals surface area contributed by atoms with E-state index in [1.807, 2.05) is 0 Å². The number of rotatable bonds is 3. The highest BCUT2D eigenvalue weighted by atomic mass is 79.9. The molecule has 1 aromatic rings. The maximum absolute atomic E-state index is 10.2. The molecule has 0 amide bonds. The second-order valence-corrected chi connectivity index (χ2v) is 3.55. The Labute approximate surface area is 88.4 Å². The molecule has 0 radical (unpaired) electrons. The standard InChI is InChI=1S/C8H6BrClO3/c9-6-3-5(10)1-2-7(6)13-4-8(11)12/h1-3H,4H2,(H,11,12). The third kappa shape index (κ3) is 3.24. The fraction of sp³-hybridized carbons (Fsp3) is 0.125. The van der Waals surface area contributed by atoms with Gasteiger partial charge in [-0.15, -0.1) is 0 Å². The fourth-order valence-corrected chi connectivity index (χ4v) is 1.53. The highest BCUT2D eigenvalue weighted by Gasteiger charge is 2.03. The van der Waals surface area contributed by atoms with Crippen LogP contribution in [0.5, 0.6) is 5.75 Å². The lowest BCUT2D eigenvalue weighted by molar-refractivity contribution is -0.139. The Morgan fingerprint density at radius 3 is 2.85 bits per heavy atom. The van der Waals surface area contributed by atoms with Gasteiger partial charge in [-0.3, -0.25) is 0 Å². The molecule has 0 bridgehead atoms. The van der Waals surface area contributed by atoms with Crippen LogP contribution in [0.15, 0.2) is 22.7 Å². The highest BCUT2D eigenvalue weighted by molar-refractivity contribution is 9.10. The molecule has 0 spiro atoms. The van der Waals surface area contributed by atoms with E-state index in [-0.39, 0.29) is 6.61 Å². The maximum atomic E-state index is 10.2. The van der Waals surface area contributed by atoms with Gasteiger partial charge in [0.1, 0.15) is 5.75 Å². The van der Waals surface area contributed by atoms with Gasteiger partial charge in [-0.05, 0) is 34.1 Å². The highest BCUT2D eigenvalue weighted by Crippen LogP contribution is 2.27. The lowest BCUT2D eigenvalue weighted by atomic mass is 10.3. The summed E-state index contributed by atoms with van der Waals surface area (Å²) >= 11 is 8.87. The number of aliphatic carboxylic acids is 1. The summed E-state index contributed by atoms with van der Waals surface area (Å²) in [6.07, 6.45) is 0. The molecule has 3 nitrogen and oxygen atoms in total. The molecule has 0 aliphatic heterocycles. The van der Waals surface area contributed by atoms with Gasteiger partial charge in [-0.2, -0.15) is 0 Å². The number of carboxylic acids is 1. The smallest absolute Gasteiger partial charge is 0.341 e. The van der Waals surface area contributed by atoms with Gasteiger partial charge in [0.15, 0.2) is 6.61 Å². The van der Waals surface area contributed by atoms with Crippen molar-refractivity contribution in [1.29, 1.82) is 0 Å². The Kier molecular flexibility index (Phi) is 3.57. The molecule has 0 aliphatic rings. The third-order valence-electron chi connectivity index (χ3n) is 1.25. The number of carboxylic acid groups (broad SMARTS) is 1. The largest absolute Gasteiger partial charge is 0.481 e. The first-order valence-corrected chi connectivity index (χ1v) is 4.56. The molecule has 0 saturated heterocycles. The third-order valence-corrected chi connectivity index (χ3v) is 2.10. The van der Waals surface area contributed by atoms with Crippen LogP contribution in [0.4, 0.5) is 0 Å². The first-order valence-electron chi connectivity index (χ1n) is 3.39. The van der Waals surface area contributed by atoms with Crippen molar-refractivity contribution in [2.45, 2.75) is 0 Å². The topological polar surface area (TPSA) is 46.5 Å². The van der Waals surface area contributed by atoms with E-state index in [0.29, 0.717) is 15.2 Å². The van der Waals surface area contributed by atoms with Gasteiger partial charge in [-0.1, -0.05) is 11.6 Å². The van der Waals surface area contributed by atoms with Crippen molar-refractivity contribution in [3.05, 3.63) is 27.7 Å². The molecule has 0 atom stereocenters. The summed E-state index contributed by atoms with van der Waals surface area (Å²) in [6.45, 7) is -0.361. The fourth-order valence-electron chi connectivity index (χ4n) is 0.732. The van der Waals surface area contributed by atoms with Crippen molar-refractivity contribution in [3.63, 3.8) is 0 Å². The van der Waals surface area contributed by atoms with Gasteiger partial charge in [0, 0.05) is 5.02 Å². The molecule has 13 heavy (non-hydrogen) atoms. The maximum Gasteiger partial charge on any atom is 0.341 e. The van der Waals surface area contributed by atoms with Crippen LogP contribution in [0.1, 0.15) is 0 Å². The molecule has 1 N–H and O–H groups in total. The van der Waals surface area contributed by atoms with Crippen LogP contribution < -0.4 is 4.74 Å². The molecule has 1 aromatic carbocycles. The Hall–Kier alpha value is -0.740. The number of ether oxygens (including phenoxy) is 1. The monoisotopic (exact) mass is 264 g/mol. The molecular formula is C8H6BrClO3. The summed E-state index contributed by atoms with van der Waals surface area (Å²) in [6, 6.07) is 4.87. The number of halogens is 2. The Morgan fingerprint density at radius 2 is 2.31 bits per heavy atom. The number of benzene rings is 1. The minimum atomic E-state index is -1.01. The van der Waals surface area contributed by atoms with Crippen molar-refractivity contribution in [1.82, 2.24) is 0 Å².